The highest BCUT2D eigenvalue weighted by Crippen LogP contribution is 2.28. The van der Waals surface area contributed by atoms with E-state index in [1.54, 1.807) is 12.1 Å². The molecule has 0 bridgehead atoms. The van der Waals surface area contributed by atoms with Gasteiger partial charge in [0.2, 0.25) is 0 Å². The molecule has 1 amide bonds. The lowest BCUT2D eigenvalue weighted by Gasteiger charge is -2.10. The number of nitrogens with one attached hydrogen (secondary N) is 1. The van der Waals surface area contributed by atoms with E-state index in [2.05, 4.69) is 5.32 Å². The minimum Gasteiger partial charge on any atom is -0.506 e. The molecule has 0 aliphatic rings. The van der Waals surface area contributed by atoms with E-state index in [0.717, 1.165) is 0 Å². The summed E-state index contributed by atoms with van der Waals surface area (Å²) in [4.78, 5) is 11.8. The van der Waals surface area contributed by atoms with Gasteiger partial charge in [0.1, 0.15) is 11.5 Å². The Bertz CT molecular complexity index is 677. The zero-order valence-electron chi connectivity index (χ0n) is 10.6. The Morgan fingerprint density at radius 3 is 2.52 bits per heavy atom. The number of amides is 1. The number of halogens is 3. The molecule has 4 nitrogen and oxygen atoms in total. The molecule has 0 radical (unpaired) electrons. The number of hydrogen-bond donors (Lipinski definition) is 2. The monoisotopic (exact) mass is 345 g/mol. The van der Waals surface area contributed by atoms with Gasteiger partial charge in [0, 0.05) is 16.1 Å². The molecule has 0 aliphatic heterocycles. The number of ether oxygens (including phenoxy) is 1. The number of phenols is 1. The van der Waals surface area contributed by atoms with E-state index < -0.39 is 5.91 Å². The predicted molar refractivity (Wildman–Crippen MR) is 83.7 cm³/mol. The first-order valence-corrected chi connectivity index (χ1v) is 6.95. The standard InChI is InChI=1S/C14H10Cl3NO3/c15-8-2-4-12(19)11(5-8)18-14(20)7-21-13-6-9(16)1-3-10(13)17/h1-6,19H,7H2,(H,18,20). The maximum Gasteiger partial charge on any atom is 0.262 e. The van der Waals surface area contributed by atoms with Crippen LogP contribution in [0.3, 0.4) is 0 Å². The van der Waals surface area contributed by atoms with E-state index in [9.17, 15) is 9.90 Å². The Hall–Kier alpha value is -1.62. The van der Waals surface area contributed by atoms with Crippen LogP contribution >= 0.6 is 34.8 Å². The first-order valence-electron chi connectivity index (χ1n) is 5.82. The highest BCUT2D eigenvalue weighted by Gasteiger charge is 2.09. The van der Waals surface area contributed by atoms with Crippen molar-refractivity contribution < 1.29 is 14.6 Å². The number of hydrogen-bond acceptors (Lipinski definition) is 3. The van der Waals surface area contributed by atoms with Crippen LogP contribution in [-0.2, 0) is 4.79 Å². The molecule has 0 aliphatic carbocycles. The normalized spacial score (nSPS) is 10.2. The fourth-order valence-electron chi connectivity index (χ4n) is 1.53. The largest absolute Gasteiger partial charge is 0.506 e. The SMILES string of the molecule is O=C(COc1cc(Cl)ccc1Cl)Nc1cc(Cl)ccc1O. The first-order chi connectivity index (χ1) is 9.95. The van der Waals surface area contributed by atoms with Crippen molar-refractivity contribution in [3.8, 4) is 11.5 Å². The van der Waals surface area contributed by atoms with Gasteiger partial charge < -0.3 is 15.2 Å². The Morgan fingerprint density at radius 2 is 1.76 bits per heavy atom. The van der Waals surface area contributed by atoms with Crippen LogP contribution in [0.5, 0.6) is 11.5 Å². The maximum absolute atomic E-state index is 11.8. The fourth-order valence-corrected chi connectivity index (χ4v) is 2.03. The minimum atomic E-state index is -0.469. The lowest BCUT2D eigenvalue weighted by molar-refractivity contribution is -0.118. The van der Waals surface area contributed by atoms with Crippen LogP contribution in [0.4, 0.5) is 5.69 Å². The van der Waals surface area contributed by atoms with Gasteiger partial charge in [-0.2, -0.15) is 0 Å². The Labute approximate surface area is 136 Å². The van der Waals surface area contributed by atoms with Crippen molar-refractivity contribution in [2.45, 2.75) is 0 Å². The van der Waals surface area contributed by atoms with E-state index in [1.165, 1.54) is 24.3 Å². The third-order valence-electron chi connectivity index (χ3n) is 2.48. The van der Waals surface area contributed by atoms with Crippen LogP contribution in [-0.4, -0.2) is 17.6 Å². The number of rotatable bonds is 4. The quantitative estimate of drug-likeness (QED) is 0.808. The molecular formula is C14H10Cl3NO3. The summed E-state index contributed by atoms with van der Waals surface area (Å²) >= 11 is 17.5. The number of aromatic hydroxyl groups is 1. The summed E-state index contributed by atoms with van der Waals surface area (Å²) in [6, 6.07) is 9.01. The van der Waals surface area contributed by atoms with Gasteiger partial charge in [0.15, 0.2) is 6.61 Å². The molecule has 2 aromatic carbocycles. The summed E-state index contributed by atoms with van der Waals surface area (Å²) in [5, 5.41) is 13.3. The van der Waals surface area contributed by atoms with Gasteiger partial charge in [-0.15, -0.1) is 0 Å². The number of phenolic OH excluding ortho intramolecular Hbond substituents is 1. The molecule has 0 aromatic heterocycles. The molecule has 0 spiro atoms. The molecule has 0 atom stereocenters. The Kier molecular flexibility index (Phi) is 5.17. The van der Waals surface area contributed by atoms with Crippen molar-refractivity contribution in [3.63, 3.8) is 0 Å². The number of anilines is 1. The van der Waals surface area contributed by atoms with Crippen LogP contribution in [0.1, 0.15) is 0 Å². The van der Waals surface area contributed by atoms with E-state index in [0.29, 0.717) is 20.8 Å². The zero-order chi connectivity index (χ0) is 15.4. The second-order valence-electron chi connectivity index (χ2n) is 4.07. The highest BCUT2D eigenvalue weighted by atomic mass is 35.5. The predicted octanol–water partition coefficient (Wildman–Crippen LogP) is 4.37. The number of carbonyl (C=O) groups is 1. The Morgan fingerprint density at radius 1 is 1.10 bits per heavy atom. The number of carbonyl (C=O) groups excluding carboxylic acids is 1. The van der Waals surface area contributed by atoms with Gasteiger partial charge in [0.05, 0.1) is 10.7 Å². The van der Waals surface area contributed by atoms with Crippen LogP contribution in [0.25, 0.3) is 0 Å². The van der Waals surface area contributed by atoms with Crippen molar-refractivity contribution in [1.82, 2.24) is 0 Å². The van der Waals surface area contributed by atoms with Crippen molar-refractivity contribution in [2.75, 3.05) is 11.9 Å². The van der Waals surface area contributed by atoms with Gasteiger partial charge in [-0.25, -0.2) is 0 Å². The zero-order valence-corrected chi connectivity index (χ0v) is 12.8. The molecule has 110 valence electrons. The molecule has 0 saturated carbocycles. The second-order valence-corrected chi connectivity index (χ2v) is 5.35. The summed E-state index contributed by atoms with van der Waals surface area (Å²) < 4.78 is 5.28. The van der Waals surface area contributed by atoms with Crippen molar-refractivity contribution >= 4 is 46.4 Å². The highest BCUT2D eigenvalue weighted by molar-refractivity contribution is 6.34. The average Bonchev–Trinajstić information content (AvgIpc) is 2.44. The van der Waals surface area contributed by atoms with Crippen LogP contribution in [0, 0.1) is 0 Å². The molecule has 0 unspecified atom stereocenters. The molecule has 0 fully saturated rings. The van der Waals surface area contributed by atoms with Gasteiger partial charge in [-0.3, -0.25) is 4.79 Å². The maximum atomic E-state index is 11.8. The lowest BCUT2D eigenvalue weighted by atomic mass is 10.3. The summed E-state index contributed by atoms with van der Waals surface area (Å²) in [5.41, 5.74) is 0.202. The lowest BCUT2D eigenvalue weighted by Crippen LogP contribution is -2.20. The smallest absolute Gasteiger partial charge is 0.262 e. The van der Waals surface area contributed by atoms with E-state index in [1.807, 2.05) is 0 Å². The van der Waals surface area contributed by atoms with Crippen molar-refractivity contribution in [3.05, 3.63) is 51.5 Å². The molecule has 2 N–H and O–H groups in total. The number of benzene rings is 2. The molecule has 21 heavy (non-hydrogen) atoms. The van der Waals surface area contributed by atoms with E-state index >= 15 is 0 Å². The molecule has 7 heteroatoms. The molecule has 0 heterocycles. The Balaban J connectivity index is 1.99. The molecule has 0 saturated heterocycles. The van der Waals surface area contributed by atoms with Crippen LogP contribution < -0.4 is 10.1 Å². The van der Waals surface area contributed by atoms with E-state index in [4.69, 9.17) is 39.5 Å². The van der Waals surface area contributed by atoms with Gasteiger partial charge in [0.25, 0.3) is 5.91 Å². The molecule has 2 aromatic rings. The summed E-state index contributed by atoms with van der Waals surface area (Å²) in [6.45, 7) is -0.286. The van der Waals surface area contributed by atoms with Crippen molar-refractivity contribution in [1.29, 1.82) is 0 Å². The second kappa shape index (κ2) is 6.89. The molecule has 2 rings (SSSR count). The van der Waals surface area contributed by atoms with Gasteiger partial charge in [-0.05, 0) is 30.3 Å². The third-order valence-corrected chi connectivity index (χ3v) is 3.27. The van der Waals surface area contributed by atoms with Gasteiger partial charge >= 0.3 is 0 Å². The van der Waals surface area contributed by atoms with Crippen LogP contribution in [0.2, 0.25) is 15.1 Å². The summed E-state index contributed by atoms with van der Waals surface area (Å²) in [5.74, 6) is -0.258. The first kappa shape index (κ1) is 15.8. The summed E-state index contributed by atoms with van der Waals surface area (Å²) in [7, 11) is 0. The minimum absolute atomic E-state index is 0.0893. The topological polar surface area (TPSA) is 58.6 Å². The fraction of sp³-hybridized carbons (Fsp3) is 0.0714. The third kappa shape index (κ3) is 4.43. The van der Waals surface area contributed by atoms with Crippen LogP contribution in [0.15, 0.2) is 36.4 Å². The average molecular weight is 347 g/mol. The van der Waals surface area contributed by atoms with E-state index in [-0.39, 0.29) is 18.0 Å². The summed E-state index contributed by atoms with van der Waals surface area (Å²) in [6.07, 6.45) is 0. The van der Waals surface area contributed by atoms with Crippen molar-refractivity contribution in [2.24, 2.45) is 0 Å². The van der Waals surface area contributed by atoms with Gasteiger partial charge in [-0.1, -0.05) is 34.8 Å². The molecular weight excluding hydrogens is 337 g/mol.